The molecule has 122 valence electrons. The summed E-state index contributed by atoms with van der Waals surface area (Å²) in [5.41, 5.74) is 1.01. The Labute approximate surface area is 138 Å². The average Bonchev–Trinajstić information content (AvgIpc) is 2.76. The van der Waals surface area contributed by atoms with E-state index in [1.165, 1.54) is 0 Å². The van der Waals surface area contributed by atoms with Gasteiger partial charge in [0.15, 0.2) is 0 Å². The molecule has 1 aromatic rings. The highest BCUT2D eigenvalue weighted by atomic mass is 35.7. The first-order chi connectivity index (χ1) is 10.3. The van der Waals surface area contributed by atoms with Gasteiger partial charge in [-0.3, -0.25) is 0 Å². The molecule has 0 spiro atoms. The fourth-order valence-corrected chi connectivity index (χ4v) is 6.70. The molecule has 5 nitrogen and oxygen atoms in total. The lowest BCUT2D eigenvalue weighted by Crippen LogP contribution is -2.26. The van der Waals surface area contributed by atoms with E-state index in [1.807, 2.05) is 18.5 Å². The molecule has 0 N–H and O–H groups in total. The molecule has 0 fully saturated rings. The van der Waals surface area contributed by atoms with Crippen LogP contribution in [0.5, 0.6) is 0 Å². The first kappa shape index (κ1) is 17.5. The van der Waals surface area contributed by atoms with Gasteiger partial charge in [0.1, 0.15) is 5.84 Å². The van der Waals surface area contributed by atoms with Gasteiger partial charge in [-0.1, -0.05) is 38.5 Å². The molecule has 1 heterocycles. The highest BCUT2D eigenvalue weighted by molar-refractivity contribution is 7.99. The molecule has 22 heavy (non-hydrogen) atoms. The smallest absolute Gasteiger partial charge is 0.284 e. The Kier molecular flexibility index (Phi) is 5.36. The van der Waals surface area contributed by atoms with Crippen molar-refractivity contribution in [2.75, 3.05) is 6.54 Å². The quantitative estimate of drug-likeness (QED) is 0.740. The van der Waals surface area contributed by atoms with Gasteiger partial charge in [0.25, 0.3) is 10.0 Å². The van der Waals surface area contributed by atoms with Crippen molar-refractivity contribution < 1.29 is 8.42 Å². The molecule has 0 amide bonds. The number of halogens is 1. The van der Waals surface area contributed by atoms with Crippen LogP contribution < -0.4 is 0 Å². The highest BCUT2D eigenvalue weighted by Crippen LogP contribution is 2.56. The summed E-state index contributed by atoms with van der Waals surface area (Å²) in [7, 11) is -5.26. The van der Waals surface area contributed by atoms with Crippen molar-refractivity contribution in [3.05, 3.63) is 29.8 Å². The zero-order chi connectivity index (χ0) is 16.5. The number of hydrazone groups is 1. The van der Waals surface area contributed by atoms with Crippen LogP contribution in [-0.4, -0.2) is 29.7 Å². The molecule has 0 saturated heterocycles. The molecular formula is C14H21ClN3O2PS. The van der Waals surface area contributed by atoms with E-state index >= 15 is 0 Å². The van der Waals surface area contributed by atoms with Gasteiger partial charge in [-0.05, 0) is 36.2 Å². The van der Waals surface area contributed by atoms with E-state index in [9.17, 15) is 8.42 Å². The fourth-order valence-electron chi connectivity index (χ4n) is 2.09. The molecule has 8 heteroatoms. The SMILES string of the molecule is CCC1=NN(S(=O)(=O)c2ccc(C)cc2)P(Cl)N1CC(C)C. The summed E-state index contributed by atoms with van der Waals surface area (Å²) in [6.45, 7) is 8.71. The lowest BCUT2D eigenvalue weighted by atomic mass is 10.2. The predicted molar refractivity (Wildman–Crippen MR) is 92.2 cm³/mol. The minimum atomic E-state index is -3.72. The molecule has 1 aliphatic rings. The minimum absolute atomic E-state index is 0.219. The first-order valence-corrected chi connectivity index (χ1v) is 10.8. The molecule has 0 saturated carbocycles. The van der Waals surface area contributed by atoms with E-state index in [1.54, 1.807) is 24.3 Å². The van der Waals surface area contributed by atoms with Crippen LogP contribution in [0.25, 0.3) is 0 Å². The van der Waals surface area contributed by atoms with Gasteiger partial charge >= 0.3 is 0 Å². The zero-order valence-electron chi connectivity index (χ0n) is 13.2. The largest absolute Gasteiger partial charge is 0.306 e. The van der Waals surface area contributed by atoms with Crippen molar-refractivity contribution in [3.63, 3.8) is 0 Å². The molecule has 1 unspecified atom stereocenters. The predicted octanol–water partition coefficient (Wildman–Crippen LogP) is 4.15. The topological polar surface area (TPSA) is 53.0 Å². The molecule has 1 aliphatic heterocycles. The van der Waals surface area contributed by atoms with Gasteiger partial charge in [-0.2, -0.15) is 8.42 Å². The Morgan fingerprint density at radius 3 is 2.36 bits per heavy atom. The number of amidine groups is 1. The van der Waals surface area contributed by atoms with Crippen LogP contribution in [0.4, 0.5) is 0 Å². The normalized spacial score (nSPS) is 19.0. The second kappa shape index (κ2) is 6.73. The minimum Gasteiger partial charge on any atom is -0.306 e. The Balaban J connectivity index is 2.35. The number of nitrogens with zero attached hydrogens (tertiary/aromatic N) is 3. The Hall–Kier alpha value is -0.840. The summed E-state index contributed by atoms with van der Waals surface area (Å²) in [4.78, 5) is 0.219. The van der Waals surface area contributed by atoms with Crippen LogP contribution in [0.3, 0.4) is 0 Å². The van der Waals surface area contributed by atoms with Crippen molar-refractivity contribution in [1.82, 2.24) is 8.86 Å². The zero-order valence-corrected chi connectivity index (χ0v) is 15.7. The maximum Gasteiger partial charge on any atom is 0.284 e. The van der Waals surface area contributed by atoms with E-state index in [0.29, 0.717) is 18.9 Å². The lowest BCUT2D eigenvalue weighted by molar-refractivity contribution is 0.513. The Bertz CT molecular complexity index is 661. The Morgan fingerprint density at radius 2 is 1.86 bits per heavy atom. The molecule has 2 rings (SSSR count). The summed E-state index contributed by atoms with van der Waals surface area (Å²) in [5, 5.41) is 4.28. The van der Waals surface area contributed by atoms with E-state index < -0.39 is 17.6 Å². The van der Waals surface area contributed by atoms with E-state index in [0.717, 1.165) is 15.6 Å². The Morgan fingerprint density at radius 1 is 1.27 bits per heavy atom. The summed E-state index contributed by atoms with van der Waals surface area (Å²) in [6, 6.07) is 6.74. The van der Waals surface area contributed by atoms with Gasteiger partial charge < -0.3 is 4.67 Å². The van der Waals surface area contributed by atoms with Gasteiger partial charge in [0.05, 0.1) is 4.90 Å². The third kappa shape index (κ3) is 3.39. The second-order valence-corrected chi connectivity index (χ2v) is 9.92. The van der Waals surface area contributed by atoms with E-state index in [-0.39, 0.29) is 4.90 Å². The van der Waals surface area contributed by atoms with Crippen LogP contribution in [0.2, 0.25) is 0 Å². The molecule has 0 bridgehead atoms. The highest BCUT2D eigenvalue weighted by Gasteiger charge is 2.40. The number of sulfonamides is 1. The number of hydrogen-bond donors (Lipinski definition) is 0. The van der Waals surface area contributed by atoms with E-state index in [4.69, 9.17) is 11.2 Å². The maximum absolute atomic E-state index is 12.8. The number of aryl methyl sites for hydroxylation is 1. The summed E-state index contributed by atoms with van der Waals surface area (Å²) < 4.78 is 28.5. The summed E-state index contributed by atoms with van der Waals surface area (Å²) in [6.07, 6.45) is 0.651. The van der Waals surface area contributed by atoms with E-state index in [2.05, 4.69) is 18.9 Å². The summed E-state index contributed by atoms with van der Waals surface area (Å²) in [5.74, 6) is 1.10. The number of rotatable bonds is 5. The third-order valence-corrected chi connectivity index (χ3v) is 8.13. The molecular weight excluding hydrogens is 341 g/mol. The summed E-state index contributed by atoms with van der Waals surface area (Å²) >= 11 is 6.45. The van der Waals surface area contributed by atoms with Crippen LogP contribution in [0, 0.1) is 12.8 Å². The fraction of sp³-hybridized carbons (Fsp3) is 0.500. The van der Waals surface area contributed by atoms with Crippen LogP contribution in [0.15, 0.2) is 34.3 Å². The molecule has 1 aromatic carbocycles. The average molecular weight is 362 g/mol. The van der Waals surface area contributed by atoms with Crippen LogP contribution >= 0.6 is 18.8 Å². The van der Waals surface area contributed by atoms with Gasteiger partial charge in [0.2, 0.25) is 7.58 Å². The van der Waals surface area contributed by atoms with Crippen LogP contribution in [-0.2, 0) is 10.0 Å². The molecule has 0 radical (unpaired) electrons. The molecule has 0 aliphatic carbocycles. The van der Waals surface area contributed by atoms with Crippen molar-refractivity contribution in [2.45, 2.75) is 39.0 Å². The van der Waals surface area contributed by atoms with Gasteiger partial charge in [-0.15, -0.1) is 9.29 Å². The lowest BCUT2D eigenvalue weighted by Gasteiger charge is -2.26. The van der Waals surface area contributed by atoms with Crippen molar-refractivity contribution in [2.24, 2.45) is 11.0 Å². The monoisotopic (exact) mass is 361 g/mol. The molecule has 1 atom stereocenters. The molecule has 0 aromatic heterocycles. The van der Waals surface area contributed by atoms with Gasteiger partial charge in [0, 0.05) is 13.0 Å². The van der Waals surface area contributed by atoms with Crippen molar-refractivity contribution in [1.29, 1.82) is 0 Å². The standard InChI is InChI=1S/C14H21ClN3O2PS/c1-5-14-16-18(21(15)17(14)10-11(2)3)22(19,20)13-8-6-12(4)7-9-13/h6-9,11H,5,10H2,1-4H3. The maximum atomic E-state index is 12.8. The van der Waals surface area contributed by atoms with Crippen molar-refractivity contribution >= 4 is 34.7 Å². The second-order valence-electron chi connectivity index (χ2n) is 5.63. The van der Waals surface area contributed by atoms with Gasteiger partial charge in [-0.25, -0.2) is 0 Å². The number of benzene rings is 1. The number of hydrogen-bond acceptors (Lipinski definition) is 4. The first-order valence-electron chi connectivity index (χ1n) is 7.20. The third-order valence-electron chi connectivity index (χ3n) is 3.23. The van der Waals surface area contributed by atoms with Crippen molar-refractivity contribution in [3.8, 4) is 0 Å². The van der Waals surface area contributed by atoms with Crippen LogP contribution in [0.1, 0.15) is 32.8 Å².